The molecule has 0 spiro atoms. The molecule has 2 heteroatoms. The number of piperidine rings is 1. The van der Waals surface area contributed by atoms with Crippen molar-refractivity contribution in [3.63, 3.8) is 0 Å². The molecule has 1 fully saturated rings. The van der Waals surface area contributed by atoms with E-state index in [9.17, 15) is 0 Å². The van der Waals surface area contributed by atoms with E-state index in [1.807, 2.05) is 0 Å². The van der Waals surface area contributed by atoms with Crippen molar-refractivity contribution in [1.82, 2.24) is 4.98 Å². The number of hydrogen-bond acceptors (Lipinski definition) is 0. The lowest BCUT2D eigenvalue weighted by Gasteiger charge is -2.34. The van der Waals surface area contributed by atoms with Gasteiger partial charge in [-0.15, -0.1) is 0 Å². The number of benzene rings is 2. The molecule has 25 heavy (non-hydrogen) atoms. The van der Waals surface area contributed by atoms with E-state index in [1.54, 1.807) is 4.90 Å². The molecular weight excluding hydrogens is 304 g/mol. The molecule has 0 amide bonds. The third kappa shape index (κ3) is 3.11. The Morgan fingerprint density at radius 1 is 0.960 bits per heavy atom. The molecule has 1 atom stereocenters. The van der Waals surface area contributed by atoms with Gasteiger partial charge in [0, 0.05) is 27.7 Å². The van der Waals surface area contributed by atoms with Gasteiger partial charge in [0.05, 0.1) is 13.1 Å². The molecule has 0 unspecified atom stereocenters. The topological polar surface area (TPSA) is 20.2 Å². The van der Waals surface area contributed by atoms with Gasteiger partial charge >= 0.3 is 0 Å². The molecule has 2 nitrogen and oxygen atoms in total. The number of quaternary nitrogens is 1. The van der Waals surface area contributed by atoms with Crippen molar-refractivity contribution in [3.8, 4) is 0 Å². The number of H-pyrrole nitrogens is 1. The Balaban J connectivity index is 1.84. The summed E-state index contributed by atoms with van der Waals surface area (Å²) in [5.74, 6) is 0.867. The monoisotopic (exact) mass is 333 g/mol. The number of aromatic amines is 1. The molecule has 2 heterocycles. The second kappa shape index (κ2) is 6.68. The van der Waals surface area contributed by atoms with Gasteiger partial charge in [0.2, 0.25) is 0 Å². The van der Waals surface area contributed by atoms with Gasteiger partial charge in [-0.2, -0.15) is 0 Å². The normalized spacial score (nSPS) is 22.2. The van der Waals surface area contributed by atoms with Gasteiger partial charge in [0.25, 0.3) is 0 Å². The van der Waals surface area contributed by atoms with Crippen LogP contribution in [0, 0.1) is 19.8 Å². The highest BCUT2D eigenvalue weighted by atomic mass is 15.2. The van der Waals surface area contributed by atoms with Crippen molar-refractivity contribution in [1.29, 1.82) is 0 Å². The quantitative estimate of drug-likeness (QED) is 0.717. The minimum atomic E-state index is 0.421. The number of aromatic nitrogens is 1. The number of nitrogens with one attached hydrogen (secondary N) is 2. The maximum atomic E-state index is 3.62. The van der Waals surface area contributed by atoms with E-state index < -0.39 is 0 Å². The van der Waals surface area contributed by atoms with Crippen LogP contribution in [-0.4, -0.2) is 18.1 Å². The van der Waals surface area contributed by atoms with Gasteiger partial charge in [-0.25, -0.2) is 0 Å². The van der Waals surface area contributed by atoms with E-state index >= 15 is 0 Å². The second-order valence-corrected chi connectivity index (χ2v) is 7.89. The van der Waals surface area contributed by atoms with Crippen LogP contribution in [0.4, 0.5) is 0 Å². The van der Waals surface area contributed by atoms with Crippen molar-refractivity contribution in [2.24, 2.45) is 5.92 Å². The van der Waals surface area contributed by atoms with Crippen molar-refractivity contribution in [3.05, 3.63) is 70.9 Å². The zero-order valence-electron chi connectivity index (χ0n) is 15.6. The Bertz CT molecular complexity index is 851. The Morgan fingerprint density at radius 3 is 2.36 bits per heavy atom. The van der Waals surface area contributed by atoms with Crippen LogP contribution in [-0.2, 0) is 0 Å². The van der Waals surface area contributed by atoms with Crippen LogP contribution in [0.1, 0.15) is 48.2 Å². The van der Waals surface area contributed by atoms with E-state index in [1.165, 1.54) is 59.2 Å². The number of para-hydroxylation sites is 1. The zero-order chi connectivity index (χ0) is 17.4. The summed E-state index contributed by atoms with van der Waals surface area (Å²) in [7, 11) is 0. The number of fused-ring (bicyclic) bond motifs is 1. The average Bonchev–Trinajstić information content (AvgIpc) is 2.95. The fraction of sp³-hybridized carbons (Fsp3) is 0.391. The van der Waals surface area contributed by atoms with Gasteiger partial charge in [-0.05, 0) is 38.7 Å². The highest BCUT2D eigenvalue weighted by Gasteiger charge is 2.32. The van der Waals surface area contributed by atoms with Crippen LogP contribution in [0.15, 0.2) is 48.5 Å². The molecule has 4 rings (SSSR count). The predicted molar refractivity (Wildman–Crippen MR) is 105 cm³/mol. The molecule has 0 radical (unpaired) electrons. The summed E-state index contributed by atoms with van der Waals surface area (Å²) in [6.07, 6.45) is 2.66. The Labute approximate surface area is 150 Å². The van der Waals surface area contributed by atoms with Crippen LogP contribution in [0.5, 0.6) is 0 Å². The van der Waals surface area contributed by atoms with E-state index in [0.29, 0.717) is 6.04 Å². The lowest BCUT2D eigenvalue weighted by molar-refractivity contribution is -0.931. The summed E-state index contributed by atoms with van der Waals surface area (Å²) < 4.78 is 0. The highest BCUT2D eigenvalue weighted by molar-refractivity contribution is 5.85. The van der Waals surface area contributed by atoms with Crippen molar-refractivity contribution < 1.29 is 4.90 Å². The van der Waals surface area contributed by atoms with Gasteiger partial charge in [0.1, 0.15) is 6.04 Å². The molecule has 0 saturated carbocycles. The molecule has 0 aliphatic carbocycles. The second-order valence-electron chi connectivity index (χ2n) is 7.89. The van der Waals surface area contributed by atoms with Crippen LogP contribution < -0.4 is 4.90 Å². The molecule has 0 bridgehead atoms. The number of aryl methyl sites for hydroxylation is 2. The van der Waals surface area contributed by atoms with Crippen LogP contribution in [0.25, 0.3) is 10.9 Å². The standard InChI is InChI=1S/C23H28N2/c1-16-8-10-19(11-9-16)23(25-14-12-17(2)13-15-25)22-18(3)24-21-7-5-4-6-20(21)22/h4-11,17,23-24H,12-15H2,1-3H3/p+1/t23-/m1/s1. The fourth-order valence-corrected chi connectivity index (χ4v) is 4.46. The minimum Gasteiger partial charge on any atom is -0.358 e. The smallest absolute Gasteiger partial charge is 0.141 e. The summed E-state index contributed by atoms with van der Waals surface area (Å²) in [5, 5.41) is 1.39. The number of likely N-dealkylation sites (tertiary alicyclic amines) is 1. The van der Waals surface area contributed by atoms with Crippen LogP contribution in [0.3, 0.4) is 0 Å². The first-order valence-corrected chi connectivity index (χ1v) is 9.62. The van der Waals surface area contributed by atoms with Gasteiger partial charge < -0.3 is 9.88 Å². The maximum Gasteiger partial charge on any atom is 0.141 e. The van der Waals surface area contributed by atoms with Crippen molar-refractivity contribution in [2.45, 2.75) is 39.7 Å². The molecule has 1 aromatic heterocycles. The average molecular weight is 333 g/mol. The summed E-state index contributed by atoms with van der Waals surface area (Å²) in [6.45, 7) is 9.33. The molecule has 130 valence electrons. The van der Waals surface area contributed by atoms with E-state index in [2.05, 4.69) is 74.3 Å². The van der Waals surface area contributed by atoms with Gasteiger partial charge in [-0.3, -0.25) is 0 Å². The Kier molecular flexibility index (Phi) is 4.39. The largest absolute Gasteiger partial charge is 0.358 e. The first kappa shape index (κ1) is 16.4. The van der Waals surface area contributed by atoms with Crippen LogP contribution >= 0.6 is 0 Å². The zero-order valence-corrected chi connectivity index (χ0v) is 15.6. The molecular formula is C23H29N2+. The Morgan fingerprint density at radius 2 is 1.64 bits per heavy atom. The molecule has 2 aromatic carbocycles. The SMILES string of the molecule is Cc1ccc([C@H](c2c(C)[nH]c3ccccc23)[NH+]2CCC(C)CC2)cc1. The van der Waals surface area contributed by atoms with Gasteiger partial charge in [0.15, 0.2) is 0 Å². The molecule has 2 N–H and O–H groups in total. The third-order valence-electron chi connectivity index (χ3n) is 5.97. The van der Waals surface area contributed by atoms with Crippen molar-refractivity contribution in [2.75, 3.05) is 13.1 Å². The van der Waals surface area contributed by atoms with E-state index in [-0.39, 0.29) is 0 Å². The molecule has 1 saturated heterocycles. The number of hydrogen-bond donors (Lipinski definition) is 2. The fourth-order valence-electron chi connectivity index (χ4n) is 4.46. The van der Waals surface area contributed by atoms with Crippen molar-refractivity contribution >= 4 is 10.9 Å². The minimum absolute atomic E-state index is 0.421. The molecule has 3 aromatic rings. The first-order chi connectivity index (χ1) is 12.1. The van der Waals surface area contributed by atoms with E-state index in [4.69, 9.17) is 0 Å². The highest BCUT2D eigenvalue weighted by Crippen LogP contribution is 2.31. The maximum absolute atomic E-state index is 3.62. The predicted octanol–water partition coefficient (Wildman–Crippen LogP) is 4.19. The molecule has 1 aliphatic rings. The summed E-state index contributed by atoms with van der Waals surface area (Å²) in [5.41, 5.74) is 6.85. The van der Waals surface area contributed by atoms with E-state index in [0.717, 1.165) is 5.92 Å². The Hall–Kier alpha value is -2.06. The van der Waals surface area contributed by atoms with Crippen LogP contribution in [0.2, 0.25) is 0 Å². The summed E-state index contributed by atoms with van der Waals surface area (Å²) in [4.78, 5) is 5.34. The molecule has 1 aliphatic heterocycles. The number of rotatable bonds is 3. The first-order valence-electron chi connectivity index (χ1n) is 9.62. The lowest BCUT2D eigenvalue weighted by atomic mass is 9.90. The summed E-state index contributed by atoms with van der Waals surface area (Å²) in [6, 6.07) is 18.4. The summed E-state index contributed by atoms with van der Waals surface area (Å²) >= 11 is 0. The third-order valence-corrected chi connectivity index (χ3v) is 5.97. The lowest BCUT2D eigenvalue weighted by Crippen LogP contribution is -3.13. The van der Waals surface area contributed by atoms with Gasteiger partial charge in [-0.1, -0.05) is 55.0 Å².